The van der Waals surface area contributed by atoms with Crippen LogP contribution >= 0.6 is 11.3 Å². The van der Waals surface area contributed by atoms with Crippen LogP contribution in [0.15, 0.2) is 47.4 Å². The quantitative estimate of drug-likeness (QED) is 0.328. The van der Waals surface area contributed by atoms with Crippen LogP contribution in [-0.4, -0.2) is 35.2 Å². The third-order valence-electron chi connectivity index (χ3n) is 4.35. The minimum Gasteiger partial charge on any atom is -0.497 e. The van der Waals surface area contributed by atoms with E-state index in [0.717, 1.165) is 16.3 Å². The Morgan fingerprint density at radius 1 is 1.23 bits per heavy atom. The molecule has 4 aromatic rings. The molecular weight excluding hydrogens is 444 g/mol. The lowest BCUT2D eigenvalue weighted by atomic mass is 10.2. The van der Waals surface area contributed by atoms with E-state index < -0.39 is 20.6 Å². The highest BCUT2D eigenvalue weighted by Gasteiger charge is 2.21. The van der Waals surface area contributed by atoms with Crippen LogP contribution in [0.5, 0.6) is 5.75 Å². The molecule has 0 aliphatic heterocycles. The summed E-state index contributed by atoms with van der Waals surface area (Å²) in [5.41, 5.74) is 1.05. The van der Waals surface area contributed by atoms with Crippen LogP contribution in [0.1, 0.15) is 5.69 Å². The number of anilines is 2. The van der Waals surface area contributed by atoms with Gasteiger partial charge in [0.15, 0.2) is 0 Å². The fourth-order valence-electron chi connectivity index (χ4n) is 2.93. The van der Waals surface area contributed by atoms with E-state index in [4.69, 9.17) is 9.88 Å². The summed E-state index contributed by atoms with van der Waals surface area (Å²) in [4.78, 5) is 15.0. The van der Waals surface area contributed by atoms with Gasteiger partial charge < -0.3 is 10.1 Å². The molecule has 11 nitrogen and oxygen atoms in total. The molecule has 0 saturated heterocycles. The van der Waals surface area contributed by atoms with Gasteiger partial charge in [0.05, 0.1) is 32.8 Å². The van der Waals surface area contributed by atoms with Gasteiger partial charge in [-0.15, -0.1) is 0 Å². The first-order valence-corrected chi connectivity index (χ1v) is 11.1. The molecule has 160 valence electrons. The number of aromatic nitrogens is 3. The number of primary sulfonamides is 1. The van der Waals surface area contributed by atoms with Crippen LogP contribution < -0.4 is 15.2 Å². The lowest BCUT2D eigenvalue weighted by Gasteiger charge is -2.09. The molecule has 2 aromatic carbocycles. The molecule has 31 heavy (non-hydrogen) atoms. The molecule has 0 atom stereocenters. The Labute approximate surface area is 180 Å². The van der Waals surface area contributed by atoms with E-state index in [2.05, 4.69) is 15.4 Å². The normalized spacial score (nSPS) is 11.6. The van der Waals surface area contributed by atoms with Crippen LogP contribution in [-0.2, 0) is 10.0 Å². The molecule has 2 heterocycles. The van der Waals surface area contributed by atoms with E-state index >= 15 is 0 Å². The maximum absolute atomic E-state index is 11.6. The minimum atomic E-state index is -4.08. The lowest BCUT2D eigenvalue weighted by molar-refractivity contribution is -0.384. The van der Waals surface area contributed by atoms with E-state index in [0.29, 0.717) is 22.4 Å². The fourth-order valence-corrected chi connectivity index (χ4v) is 4.42. The Hall–Kier alpha value is -3.55. The van der Waals surface area contributed by atoms with Crippen molar-refractivity contribution in [1.29, 1.82) is 0 Å². The van der Waals surface area contributed by atoms with Gasteiger partial charge in [0.1, 0.15) is 17.3 Å². The van der Waals surface area contributed by atoms with Crippen molar-refractivity contribution >= 4 is 48.8 Å². The standard InChI is InChI=1S/C18H16N6O5S2/c1-10-7-17(20-13-6-4-12(31(19,27)28)9-15(13)24(25)26)23(22-10)18-21-14-5-3-11(29-2)8-16(14)30-18/h3-9,20H,1-2H3,(H2,19,27,28). The van der Waals surface area contributed by atoms with Crippen molar-refractivity contribution in [3.05, 3.63) is 58.3 Å². The van der Waals surface area contributed by atoms with Gasteiger partial charge >= 0.3 is 0 Å². The van der Waals surface area contributed by atoms with Crippen LogP contribution in [0.25, 0.3) is 15.3 Å². The summed E-state index contributed by atoms with van der Waals surface area (Å²) in [6.07, 6.45) is 0. The summed E-state index contributed by atoms with van der Waals surface area (Å²) in [5, 5.41) is 24.5. The molecule has 0 bridgehead atoms. The number of nitro benzene ring substituents is 1. The Morgan fingerprint density at radius 3 is 2.68 bits per heavy atom. The summed E-state index contributed by atoms with van der Waals surface area (Å²) in [5.74, 6) is 1.12. The zero-order valence-corrected chi connectivity index (χ0v) is 17.9. The molecule has 0 aliphatic carbocycles. The van der Waals surface area contributed by atoms with Crippen molar-refractivity contribution < 1.29 is 18.1 Å². The number of hydrogen-bond acceptors (Lipinski definition) is 9. The van der Waals surface area contributed by atoms with Gasteiger partial charge in [-0.3, -0.25) is 10.1 Å². The van der Waals surface area contributed by atoms with E-state index in [-0.39, 0.29) is 10.6 Å². The third kappa shape index (κ3) is 4.05. The third-order valence-corrected chi connectivity index (χ3v) is 6.26. The summed E-state index contributed by atoms with van der Waals surface area (Å²) in [7, 11) is -2.51. The predicted molar refractivity (Wildman–Crippen MR) is 116 cm³/mol. The average molecular weight is 460 g/mol. The van der Waals surface area contributed by atoms with Crippen molar-refractivity contribution in [3.8, 4) is 10.9 Å². The van der Waals surface area contributed by atoms with E-state index in [1.165, 1.54) is 28.2 Å². The molecule has 0 amide bonds. The van der Waals surface area contributed by atoms with Crippen molar-refractivity contribution in [2.24, 2.45) is 5.14 Å². The number of nitro groups is 1. The predicted octanol–water partition coefficient (Wildman–Crippen LogP) is 3.10. The zero-order chi connectivity index (χ0) is 22.3. The largest absolute Gasteiger partial charge is 0.497 e. The fraction of sp³-hybridized carbons (Fsp3) is 0.111. The monoisotopic (exact) mass is 460 g/mol. The highest BCUT2D eigenvalue weighted by atomic mass is 32.2. The number of aryl methyl sites for hydroxylation is 1. The molecule has 4 rings (SSSR count). The number of nitrogens with one attached hydrogen (secondary N) is 1. The Kier molecular flexibility index (Phi) is 5.08. The van der Waals surface area contributed by atoms with Gasteiger partial charge in [-0.25, -0.2) is 18.5 Å². The Balaban J connectivity index is 1.77. The number of hydrogen-bond donors (Lipinski definition) is 2. The van der Waals surface area contributed by atoms with Crippen LogP contribution in [0.2, 0.25) is 0 Å². The molecule has 2 aromatic heterocycles. The molecule has 0 radical (unpaired) electrons. The first-order valence-electron chi connectivity index (χ1n) is 8.75. The average Bonchev–Trinajstić information content (AvgIpc) is 3.29. The lowest BCUT2D eigenvalue weighted by Crippen LogP contribution is -2.12. The number of nitrogens with two attached hydrogens (primary N) is 1. The SMILES string of the molecule is COc1ccc2nc(-n3nc(C)cc3Nc3ccc(S(N)(=O)=O)cc3[N+](=O)[O-])sc2c1. The summed E-state index contributed by atoms with van der Waals surface area (Å²) < 4.78 is 30.8. The topological polar surface area (TPSA) is 155 Å². The number of rotatable bonds is 6. The molecule has 13 heteroatoms. The van der Waals surface area contributed by atoms with Gasteiger partial charge in [-0.2, -0.15) is 9.78 Å². The van der Waals surface area contributed by atoms with Crippen LogP contribution in [0.4, 0.5) is 17.2 Å². The van der Waals surface area contributed by atoms with E-state index in [9.17, 15) is 18.5 Å². The molecule has 3 N–H and O–H groups in total. The summed E-state index contributed by atoms with van der Waals surface area (Å²) in [6, 6.07) is 10.6. The highest BCUT2D eigenvalue weighted by molar-refractivity contribution is 7.89. The van der Waals surface area contributed by atoms with Gasteiger partial charge in [0.2, 0.25) is 15.2 Å². The van der Waals surface area contributed by atoms with Gasteiger partial charge in [-0.05, 0) is 37.3 Å². The number of methoxy groups -OCH3 is 1. The second-order valence-electron chi connectivity index (χ2n) is 6.52. The smallest absolute Gasteiger partial charge is 0.294 e. The first-order chi connectivity index (χ1) is 14.7. The van der Waals surface area contributed by atoms with Crippen molar-refractivity contribution in [2.45, 2.75) is 11.8 Å². The Morgan fingerprint density at radius 2 is 2.00 bits per heavy atom. The number of thiazole rings is 1. The van der Waals surface area contributed by atoms with Crippen molar-refractivity contribution in [2.75, 3.05) is 12.4 Å². The number of benzene rings is 2. The Bertz CT molecular complexity index is 1430. The zero-order valence-electron chi connectivity index (χ0n) is 16.3. The second-order valence-corrected chi connectivity index (χ2v) is 9.09. The van der Waals surface area contributed by atoms with Gasteiger partial charge in [-0.1, -0.05) is 11.3 Å². The molecule has 0 saturated carbocycles. The van der Waals surface area contributed by atoms with E-state index in [1.807, 2.05) is 12.1 Å². The van der Waals surface area contributed by atoms with Gasteiger partial charge in [0, 0.05) is 12.1 Å². The summed E-state index contributed by atoms with van der Waals surface area (Å²) in [6.45, 7) is 1.77. The molecule has 0 aliphatic rings. The van der Waals surface area contributed by atoms with Crippen LogP contribution in [0, 0.1) is 17.0 Å². The highest BCUT2D eigenvalue weighted by Crippen LogP contribution is 2.33. The number of nitrogens with zero attached hydrogens (tertiary/aromatic N) is 4. The van der Waals surface area contributed by atoms with Crippen LogP contribution in [0.3, 0.4) is 0 Å². The maximum Gasteiger partial charge on any atom is 0.294 e. The number of sulfonamides is 1. The molecule has 0 fully saturated rings. The summed E-state index contributed by atoms with van der Waals surface area (Å²) >= 11 is 1.37. The maximum atomic E-state index is 11.6. The van der Waals surface area contributed by atoms with E-state index in [1.54, 1.807) is 26.2 Å². The molecule has 0 unspecified atom stereocenters. The molecular formula is C18H16N6O5S2. The number of fused-ring (bicyclic) bond motifs is 1. The molecule has 0 spiro atoms. The van der Waals surface area contributed by atoms with Crippen molar-refractivity contribution in [3.63, 3.8) is 0 Å². The minimum absolute atomic E-state index is 0.0846. The number of ether oxygens (including phenoxy) is 1. The van der Waals surface area contributed by atoms with Crippen molar-refractivity contribution in [1.82, 2.24) is 14.8 Å². The van der Waals surface area contributed by atoms with Gasteiger partial charge in [0.25, 0.3) is 5.69 Å². The second kappa shape index (κ2) is 7.61. The first kappa shape index (κ1) is 20.7.